The van der Waals surface area contributed by atoms with Crippen molar-refractivity contribution in [1.29, 1.82) is 0 Å². The summed E-state index contributed by atoms with van der Waals surface area (Å²) >= 11 is 0. The van der Waals surface area contributed by atoms with Gasteiger partial charge in [0.2, 0.25) is 0 Å². The lowest BCUT2D eigenvalue weighted by Crippen LogP contribution is -2.45. The van der Waals surface area contributed by atoms with Crippen LogP contribution in [0.2, 0.25) is 0 Å². The Bertz CT molecular complexity index is 437. The van der Waals surface area contributed by atoms with Crippen LogP contribution in [0.1, 0.15) is 11.6 Å². The van der Waals surface area contributed by atoms with Gasteiger partial charge in [-0.25, -0.2) is 0 Å². The molecule has 1 aromatic rings. The van der Waals surface area contributed by atoms with Gasteiger partial charge in [-0.15, -0.1) is 0 Å². The highest BCUT2D eigenvalue weighted by atomic mass is 19.4. The maximum Gasteiger partial charge on any atom is 0.455 e. The van der Waals surface area contributed by atoms with Crippen molar-refractivity contribution in [2.75, 3.05) is 0 Å². The number of phenols is 3. The van der Waals surface area contributed by atoms with E-state index in [1.165, 1.54) is 0 Å². The van der Waals surface area contributed by atoms with Gasteiger partial charge in [0, 0.05) is 12.1 Å². The molecule has 0 fully saturated rings. The zero-order valence-electron chi connectivity index (χ0n) is 8.54. The second-order valence-electron chi connectivity index (χ2n) is 3.50. The van der Waals surface area contributed by atoms with E-state index in [1.807, 2.05) is 0 Å². The zero-order valence-corrected chi connectivity index (χ0v) is 8.54. The highest BCUT2D eigenvalue weighted by molar-refractivity contribution is 5.51. The van der Waals surface area contributed by atoms with Crippen LogP contribution in [-0.2, 0) is 0 Å². The number of phenolic OH excluding ortho intramolecular Hbond substituents is 3. The summed E-state index contributed by atoms with van der Waals surface area (Å²) in [6.07, 6.45) is -5.94. The van der Waals surface area contributed by atoms with Crippen molar-refractivity contribution in [2.24, 2.45) is 5.73 Å². The average molecular weight is 273 g/mol. The SMILES string of the molecule is N[C@@H](c1c(O)cc(O)cc1O)C(F)(F)C(F)(F)F. The molecule has 0 aromatic heterocycles. The van der Waals surface area contributed by atoms with E-state index in [0.717, 1.165) is 0 Å². The molecule has 1 aromatic carbocycles. The molecule has 102 valence electrons. The van der Waals surface area contributed by atoms with Gasteiger partial charge in [0.15, 0.2) is 0 Å². The quantitative estimate of drug-likeness (QED) is 0.621. The van der Waals surface area contributed by atoms with E-state index in [1.54, 1.807) is 0 Å². The van der Waals surface area contributed by atoms with Gasteiger partial charge in [-0.3, -0.25) is 0 Å². The molecule has 0 saturated heterocycles. The summed E-state index contributed by atoms with van der Waals surface area (Å²) in [5, 5.41) is 27.2. The molecule has 0 unspecified atom stereocenters. The lowest BCUT2D eigenvalue weighted by atomic mass is 9.98. The van der Waals surface area contributed by atoms with Gasteiger partial charge in [-0.05, 0) is 0 Å². The van der Waals surface area contributed by atoms with Gasteiger partial charge < -0.3 is 21.1 Å². The number of nitrogens with two attached hydrogens (primary N) is 1. The third-order valence-electron chi connectivity index (χ3n) is 2.20. The Morgan fingerprint density at radius 2 is 1.33 bits per heavy atom. The predicted octanol–water partition coefficient (Wildman–Crippen LogP) is 2.00. The lowest BCUT2D eigenvalue weighted by molar-refractivity contribution is -0.291. The molecule has 1 atom stereocenters. The Morgan fingerprint density at radius 3 is 1.67 bits per heavy atom. The normalized spacial score (nSPS) is 14.6. The molecule has 0 radical (unpaired) electrons. The minimum atomic E-state index is -5.94. The Kier molecular flexibility index (Phi) is 3.30. The number of hydrogen-bond donors (Lipinski definition) is 4. The zero-order chi connectivity index (χ0) is 14.3. The van der Waals surface area contributed by atoms with E-state index in [2.05, 4.69) is 0 Å². The smallest absolute Gasteiger partial charge is 0.455 e. The number of rotatable bonds is 2. The lowest BCUT2D eigenvalue weighted by Gasteiger charge is -2.26. The number of halogens is 5. The van der Waals surface area contributed by atoms with E-state index in [9.17, 15) is 32.2 Å². The van der Waals surface area contributed by atoms with Gasteiger partial charge in [-0.1, -0.05) is 0 Å². The third-order valence-corrected chi connectivity index (χ3v) is 2.20. The van der Waals surface area contributed by atoms with Gasteiger partial charge in [0.25, 0.3) is 0 Å². The van der Waals surface area contributed by atoms with Crippen molar-refractivity contribution in [2.45, 2.75) is 18.1 Å². The Balaban J connectivity index is 3.32. The molecule has 0 bridgehead atoms. The van der Waals surface area contributed by atoms with Crippen LogP contribution in [0.5, 0.6) is 17.2 Å². The highest BCUT2D eigenvalue weighted by Gasteiger charge is 2.62. The fourth-order valence-electron chi connectivity index (χ4n) is 1.28. The molecule has 0 saturated carbocycles. The Labute approximate surface area is 97.1 Å². The molecule has 4 nitrogen and oxygen atoms in total. The summed E-state index contributed by atoms with van der Waals surface area (Å²) in [4.78, 5) is 0. The predicted molar refractivity (Wildman–Crippen MR) is 49.4 cm³/mol. The van der Waals surface area contributed by atoms with Crippen molar-refractivity contribution in [1.82, 2.24) is 0 Å². The van der Waals surface area contributed by atoms with Crippen molar-refractivity contribution in [3.05, 3.63) is 17.7 Å². The summed E-state index contributed by atoms with van der Waals surface area (Å²) in [7, 11) is 0. The van der Waals surface area contributed by atoms with Crippen molar-refractivity contribution >= 4 is 0 Å². The molecule has 0 heterocycles. The molecular weight excluding hydrogens is 265 g/mol. The summed E-state index contributed by atoms with van der Waals surface area (Å²) in [5.74, 6) is -8.39. The van der Waals surface area contributed by atoms with Crippen LogP contribution in [0, 0.1) is 0 Å². The maximum atomic E-state index is 12.9. The van der Waals surface area contributed by atoms with Crippen LogP contribution in [-0.4, -0.2) is 27.4 Å². The molecule has 9 heteroatoms. The van der Waals surface area contributed by atoms with E-state index in [-0.39, 0.29) is 0 Å². The van der Waals surface area contributed by atoms with Crippen LogP contribution in [0.3, 0.4) is 0 Å². The van der Waals surface area contributed by atoms with Crippen LogP contribution in [0.25, 0.3) is 0 Å². The molecule has 5 N–H and O–H groups in total. The fourth-order valence-corrected chi connectivity index (χ4v) is 1.28. The van der Waals surface area contributed by atoms with Crippen molar-refractivity contribution in [3.63, 3.8) is 0 Å². The first-order valence-electron chi connectivity index (χ1n) is 4.43. The van der Waals surface area contributed by atoms with Crippen LogP contribution < -0.4 is 5.73 Å². The second kappa shape index (κ2) is 4.16. The topological polar surface area (TPSA) is 86.7 Å². The Hall–Kier alpha value is -1.77. The number of aromatic hydroxyl groups is 3. The van der Waals surface area contributed by atoms with E-state index in [0.29, 0.717) is 12.1 Å². The van der Waals surface area contributed by atoms with E-state index < -0.39 is 41.0 Å². The third kappa shape index (κ3) is 2.26. The van der Waals surface area contributed by atoms with Crippen molar-refractivity contribution in [3.8, 4) is 17.2 Å². The number of alkyl halides is 5. The first-order valence-corrected chi connectivity index (χ1v) is 4.43. The van der Waals surface area contributed by atoms with Gasteiger partial charge in [0.1, 0.15) is 23.3 Å². The standard InChI is InChI=1S/C9H8F5NO3/c10-8(11,9(12,13)14)7(15)6-4(17)1-3(16)2-5(6)18/h1-2,7,16-18H,15H2/t7-/m0/s1. The molecular formula is C9H8F5NO3. The summed E-state index contributed by atoms with van der Waals surface area (Å²) in [5.41, 5.74) is 3.54. The fraction of sp³-hybridized carbons (Fsp3) is 0.333. The molecule has 0 amide bonds. The monoisotopic (exact) mass is 273 g/mol. The van der Waals surface area contributed by atoms with Crippen LogP contribution in [0.15, 0.2) is 12.1 Å². The van der Waals surface area contributed by atoms with Gasteiger partial charge in [-0.2, -0.15) is 22.0 Å². The summed E-state index contributed by atoms with van der Waals surface area (Å²) < 4.78 is 62.1. The minimum absolute atomic E-state index is 0.487. The molecule has 1 rings (SSSR count). The molecule has 0 aliphatic carbocycles. The summed E-state index contributed by atoms with van der Waals surface area (Å²) in [6.45, 7) is 0. The van der Waals surface area contributed by atoms with Gasteiger partial charge in [0.05, 0.1) is 5.56 Å². The average Bonchev–Trinajstić information content (AvgIpc) is 2.13. The van der Waals surface area contributed by atoms with Gasteiger partial charge >= 0.3 is 12.1 Å². The second-order valence-corrected chi connectivity index (χ2v) is 3.50. The first-order chi connectivity index (χ1) is 7.98. The first kappa shape index (κ1) is 14.3. The van der Waals surface area contributed by atoms with Crippen LogP contribution in [0.4, 0.5) is 22.0 Å². The molecule has 0 aliphatic rings. The molecule has 0 aliphatic heterocycles. The largest absolute Gasteiger partial charge is 0.508 e. The highest BCUT2D eigenvalue weighted by Crippen LogP contribution is 2.48. The van der Waals surface area contributed by atoms with E-state index >= 15 is 0 Å². The Morgan fingerprint density at radius 1 is 0.944 bits per heavy atom. The number of hydrogen-bond acceptors (Lipinski definition) is 4. The molecule has 18 heavy (non-hydrogen) atoms. The summed E-state index contributed by atoms with van der Waals surface area (Å²) in [6, 6.07) is -2.03. The van der Waals surface area contributed by atoms with Crippen molar-refractivity contribution < 1.29 is 37.3 Å². The van der Waals surface area contributed by atoms with Crippen LogP contribution >= 0.6 is 0 Å². The maximum absolute atomic E-state index is 12.9. The molecule has 0 spiro atoms. The number of benzene rings is 1. The minimum Gasteiger partial charge on any atom is -0.508 e. The van der Waals surface area contributed by atoms with E-state index in [4.69, 9.17) is 10.8 Å².